The molecule has 0 fully saturated rings. The number of hydrogen-bond donors (Lipinski definition) is 2. The third kappa shape index (κ3) is 5.31. The average molecular weight is 471 g/mol. The van der Waals surface area contributed by atoms with E-state index in [0.29, 0.717) is 15.7 Å². The molecule has 0 atom stereocenters. The van der Waals surface area contributed by atoms with Crippen LogP contribution < -0.4 is 15.4 Å². The summed E-state index contributed by atoms with van der Waals surface area (Å²) in [5, 5.41) is 5.53. The number of carbonyl (C=O) groups excluding carboxylic acids is 2. The van der Waals surface area contributed by atoms with E-state index in [2.05, 4.69) is 15.6 Å². The molecule has 0 radical (unpaired) electrons. The van der Waals surface area contributed by atoms with Crippen molar-refractivity contribution in [2.75, 3.05) is 5.32 Å². The summed E-state index contributed by atoms with van der Waals surface area (Å²) in [5.74, 6) is -0.256. The smallest absolute Gasteiger partial charge is 0.326 e. The Morgan fingerprint density at radius 1 is 0.828 bits per heavy atom. The number of urea groups is 1. The molecule has 0 saturated heterocycles. The van der Waals surface area contributed by atoms with Gasteiger partial charge in [-0.3, -0.25) is 10.1 Å². The van der Waals surface area contributed by atoms with Crippen LogP contribution in [0.15, 0.2) is 54.7 Å². The maximum absolute atomic E-state index is 12.2. The Morgan fingerprint density at radius 3 is 1.97 bits per heavy atom. The van der Waals surface area contributed by atoms with Gasteiger partial charge in [-0.15, -0.1) is 0 Å². The molecule has 0 unspecified atom stereocenters. The molecular weight excluding hydrogens is 460 g/mol. The first kappa shape index (κ1) is 21.2. The first-order valence-electron chi connectivity index (χ1n) is 7.99. The third-order valence-corrected chi connectivity index (χ3v) is 4.76. The first-order chi connectivity index (χ1) is 13.8. The van der Waals surface area contributed by atoms with Gasteiger partial charge in [-0.25, -0.2) is 9.78 Å². The van der Waals surface area contributed by atoms with E-state index in [1.165, 1.54) is 30.5 Å². The lowest BCUT2D eigenvalue weighted by molar-refractivity contribution is 0.0967. The van der Waals surface area contributed by atoms with Crippen LogP contribution >= 0.6 is 46.4 Å². The quantitative estimate of drug-likeness (QED) is 0.459. The minimum Gasteiger partial charge on any atom is -0.436 e. The molecule has 0 spiro atoms. The lowest BCUT2D eigenvalue weighted by Crippen LogP contribution is -2.34. The highest BCUT2D eigenvalue weighted by molar-refractivity contribution is 6.40. The molecule has 2 N–H and O–H groups in total. The molecule has 0 aliphatic heterocycles. The SMILES string of the molecule is O=C(NC(=O)c1c(Cl)cccc1Cl)Nc1ccc(Oc2c(Cl)cccc2Cl)nc1. The van der Waals surface area contributed by atoms with Crippen LogP contribution in [0.5, 0.6) is 11.6 Å². The Labute approximate surface area is 185 Å². The zero-order chi connectivity index (χ0) is 21.0. The van der Waals surface area contributed by atoms with E-state index < -0.39 is 11.9 Å². The van der Waals surface area contributed by atoms with Crippen LogP contribution in [0.2, 0.25) is 20.1 Å². The van der Waals surface area contributed by atoms with E-state index in [1.54, 1.807) is 24.3 Å². The Balaban J connectivity index is 1.64. The predicted molar refractivity (Wildman–Crippen MR) is 114 cm³/mol. The molecule has 0 bridgehead atoms. The second-order valence-corrected chi connectivity index (χ2v) is 7.17. The summed E-state index contributed by atoms with van der Waals surface area (Å²) in [4.78, 5) is 28.3. The number of ether oxygens (including phenoxy) is 1. The highest BCUT2D eigenvalue weighted by Gasteiger charge is 2.17. The van der Waals surface area contributed by atoms with E-state index in [0.717, 1.165) is 0 Å². The molecule has 0 aliphatic rings. The molecule has 2 aromatic carbocycles. The van der Waals surface area contributed by atoms with Gasteiger partial charge in [0.2, 0.25) is 5.88 Å². The molecule has 6 nitrogen and oxygen atoms in total. The summed E-state index contributed by atoms with van der Waals surface area (Å²) in [6.45, 7) is 0. The highest BCUT2D eigenvalue weighted by atomic mass is 35.5. The van der Waals surface area contributed by atoms with Crippen LogP contribution in [0.1, 0.15) is 10.4 Å². The van der Waals surface area contributed by atoms with Crippen LogP contribution in [0.25, 0.3) is 0 Å². The van der Waals surface area contributed by atoms with Gasteiger partial charge in [0, 0.05) is 6.07 Å². The molecule has 1 aromatic heterocycles. The van der Waals surface area contributed by atoms with Crippen LogP contribution in [0.4, 0.5) is 10.5 Å². The predicted octanol–water partition coefficient (Wildman–Crippen LogP) is 6.45. The molecule has 3 rings (SSSR count). The molecule has 148 valence electrons. The lowest BCUT2D eigenvalue weighted by Gasteiger charge is -2.10. The fourth-order valence-corrected chi connectivity index (χ4v) is 3.29. The Morgan fingerprint density at radius 2 is 1.41 bits per heavy atom. The number of anilines is 1. The Bertz CT molecular complexity index is 1030. The summed E-state index contributed by atoms with van der Waals surface area (Å²) < 4.78 is 5.56. The van der Waals surface area contributed by atoms with Crippen molar-refractivity contribution in [1.82, 2.24) is 10.3 Å². The molecule has 29 heavy (non-hydrogen) atoms. The molecular formula is C19H11Cl4N3O3. The molecule has 10 heteroatoms. The second kappa shape index (κ2) is 9.33. The van der Waals surface area contributed by atoms with Crippen LogP contribution in [-0.2, 0) is 0 Å². The highest BCUT2D eigenvalue weighted by Crippen LogP contribution is 2.35. The number of amides is 3. The van der Waals surface area contributed by atoms with Gasteiger partial charge >= 0.3 is 6.03 Å². The van der Waals surface area contributed by atoms with Crippen molar-refractivity contribution in [2.45, 2.75) is 0 Å². The van der Waals surface area contributed by atoms with Gasteiger partial charge in [0.25, 0.3) is 5.91 Å². The number of pyridine rings is 1. The first-order valence-corrected chi connectivity index (χ1v) is 9.50. The van der Waals surface area contributed by atoms with E-state index in [9.17, 15) is 9.59 Å². The standard InChI is InChI=1S/C19H11Cl4N3O3/c20-11-3-1-4-12(21)16(11)18(27)26-19(28)25-10-7-8-15(24-9-10)29-17-13(22)5-2-6-14(17)23/h1-9H,(H2,25,26,27,28). The third-order valence-electron chi connectivity index (χ3n) is 3.54. The summed E-state index contributed by atoms with van der Waals surface area (Å²) in [5.41, 5.74) is 0.322. The summed E-state index contributed by atoms with van der Waals surface area (Å²) in [6, 6.07) is 11.8. The van der Waals surface area contributed by atoms with Crippen LogP contribution in [0.3, 0.4) is 0 Å². The van der Waals surface area contributed by atoms with Crippen molar-refractivity contribution in [3.8, 4) is 11.6 Å². The molecule has 1 heterocycles. The van der Waals surface area contributed by atoms with Gasteiger partial charge < -0.3 is 10.1 Å². The van der Waals surface area contributed by atoms with Gasteiger partial charge in [0.05, 0.1) is 37.5 Å². The van der Waals surface area contributed by atoms with Crippen molar-refractivity contribution in [2.24, 2.45) is 0 Å². The number of rotatable bonds is 4. The average Bonchev–Trinajstić information content (AvgIpc) is 2.66. The van der Waals surface area contributed by atoms with Gasteiger partial charge in [0.1, 0.15) is 0 Å². The number of hydrogen-bond acceptors (Lipinski definition) is 4. The number of imide groups is 1. The fourth-order valence-electron chi connectivity index (χ4n) is 2.24. The number of aromatic nitrogens is 1. The van der Waals surface area contributed by atoms with Gasteiger partial charge in [-0.2, -0.15) is 0 Å². The summed E-state index contributed by atoms with van der Waals surface area (Å²) in [7, 11) is 0. The Hall–Kier alpha value is -2.51. The molecule has 0 aliphatic carbocycles. The van der Waals surface area contributed by atoms with Crippen molar-refractivity contribution in [3.05, 3.63) is 80.4 Å². The molecule has 3 aromatic rings. The number of nitrogens with one attached hydrogen (secondary N) is 2. The van der Waals surface area contributed by atoms with E-state index in [4.69, 9.17) is 51.1 Å². The monoisotopic (exact) mass is 469 g/mol. The number of carbonyl (C=O) groups is 2. The number of halogens is 4. The maximum atomic E-state index is 12.2. The largest absolute Gasteiger partial charge is 0.436 e. The summed E-state index contributed by atoms with van der Waals surface area (Å²) in [6.07, 6.45) is 1.34. The lowest BCUT2D eigenvalue weighted by atomic mass is 10.2. The Kier molecular flexibility index (Phi) is 6.82. The van der Waals surface area contributed by atoms with Crippen molar-refractivity contribution in [1.29, 1.82) is 0 Å². The van der Waals surface area contributed by atoms with Crippen molar-refractivity contribution >= 4 is 64.0 Å². The second-order valence-electron chi connectivity index (χ2n) is 5.54. The zero-order valence-electron chi connectivity index (χ0n) is 14.4. The molecule has 0 saturated carbocycles. The number of nitrogens with zero attached hydrogens (tertiary/aromatic N) is 1. The minimum atomic E-state index is -0.782. The van der Waals surface area contributed by atoms with E-state index >= 15 is 0 Å². The van der Waals surface area contributed by atoms with E-state index in [1.807, 2.05) is 0 Å². The van der Waals surface area contributed by atoms with E-state index in [-0.39, 0.29) is 27.2 Å². The topological polar surface area (TPSA) is 80.3 Å². The fraction of sp³-hybridized carbons (Fsp3) is 0. The number of para-hydroxylation sites is 1. The van der Waals surface area contributed by atoms with Crippen LogP contribution in [0, 0.1) is 0 Å². The van der Waals surface area contributed by atoms with Crippen molar-refractivity contribution in [3.63, 3.8) is 0 Å². The zero-order valence-corrected chi connectivity index (χ0v) is 17.4. The normalized spacial score (nSPS) is 10.3. The maximum Gasteiger partial charge on any atom is 0.326 e. The van der Waals surface area contributed by atoms with Gasteiger partial charge in [-0.05, 0) is 30.3 Å². The molecule has 3 amide bonds. The minimum absolute atomic E-state index is 0.00414. The van der Waals surface area contributed by atoms with Gasteiger partial charge in [0.15, 0.2) is 5.75 Å². The van der Waals surface area contributed by atoms with Gasteiger partial charge in [-0.1, -0.05) is 58.5 Å². The van der Waals surface area contributed by atoms with Crippen molar-refractivity contribution < 1.29 is 14.3 Å². The summed E-state index contributed by atoms with van der Waals surface area (Å²) >= 11 is 24.0. The number of benzene rings is 2. The van der Waals surface area contributed by atoms with Crippen LogP contribution in [-0.4, -0.2) is 16.9 Å².